The van der Waals surface area contributed by atoms with Crippen LogP contribution in [0.15, 0.2) is 39.7 Å². The first-order valence-electron chi connectivity index (χ1n) is 5.70. The summed E-state index contributed by atoms with van der Waals surface area (Å²) in [5, 5.41) is 2.60. The molecule has 2 aromatic rings. The summed E-state index contributed by atoms with van der Waals surface area (Å²) in [4.78, 5) is -0.0782. The molecule has 112 valence electrons. The van der Waals surface area contributed by atoms with Gasteiger partial charge in [-0.15, -0.1) is 0 Å². The Bertz CT molecular complexity index is 810. The molecule has 0 aromatic heterocycles. The highest BCUT2D eigenvalue weighted by Crippen LogP contribution is 2.31. The van der Waals surface area contributed by atoms with E-state index in [-0.39, 0.29) is 26.4 Å². The first kappa shape index (κ1) is 15.7. The van der Waals surface area contributed by atoms with Gasteiger partial charge in [-0.3, -0.25) is 0 Å². The number of nitrogen functional groups attached to an aromatic ring is 1. The van der Waals surface area contributed by atoms with Gasteiger partial charge in [-0.05, 0) is 34.1 Å². The third-order valence-electron chi connectivity index (χ3n) is 2.74. The summed E-state index contributed by atoms with van der Waals surface area (Å²) in [6, 6.07) is 6.19. The van der Waals surface area contributed by atoms with Gasteiger partial charge >= 0.3 is 0 Å². The van der Waals surface area contributed by atoms with Gasteiger partial charge < -0.3 is 11.1 Å². The van der Waals surface area contributed by atoms with E-state index >= 15 is 0 Å². The Hall–Kier alpha value is -1.67. The van der Waals surface area contributed by atoms with E-state index in [2.05, 4.69) is 21.2 Å². The summed E-state index contributed by atoms with van der Waals surface area (Å²) in [5.41, 5.74) is 5.75. The molecule has 0 aliphatic carbocycles. The van der Waals surface area contributed by atoms with Gasteiger partial charge in [-0.25, -0.2) is 17.2 Å². The van der Waals surface area contributed by atoms with Gasteiger partial charge in [0.25, 0.3) is 0 Å². The van der Waals surface area contributed by atoms with Crippen LogP contribution in [0.2, 0.25) is 0 Å². The van der Waals surface area contributed by atoms with Crippen LogP contribution in [0.1, 0.15) is 0 Å². The van der Waals surface area contributed by atoms with E-state index in [0.717, 1.165) is 18.4 Å². The Kier molecular flexibility index (Phi) is 4.20. The Morgan fingerprint density at radius 3 is 2.43 bits per heavy atom. The lowest BCUT2D eigenvalue weighted by Crippen LogP contribution is -2.06. The minimum Gasteiger partial charge on any atom is -0.396 e. The van der Waals surface area contributed by atoms with E-state index < -0.39 is 21.5 Å². The van der Waals surface area contributed by atoms with E-state index in [1.807, 2.05) is 0 Å². The molecule has 2 aromatic carbocycles. The average molecular weight is 377 g/mol. The van der Waals surface area contributed by atoms with Crippen molar-refractivity contribution >= 4 is 42.8 Å². The molecular weight excluding hydrogens is 366 g/mol. The van der Waals surface area contributed by atoms with E-state index in [9.17, 15) is 17.2 Å². The van der Waals surface area contributed by atoms with Crippen molar-refractivity contribution in [2.45, 2.75) is 4.90 Å². The molecule has 0 radical (unpaired) electrons. The lowest BCUT2D eigenvalue weighted by molar-refractivity contribution is 0.598. The quantitative estimate of drug-likeness (QED) is 0.635. The number of benzene rings is 2. The number of hydrogen-bond acceptors (Lipinski definition) is 4. The number of rotatable bonds is 3. The normalized spacial score (nSPS) is 11.4. The number of anilines is 3. The second-order valence-electron chi connectivity index (χ2n) is 4.36. The Morgan fingerprint density at radius 1 is 1.14 bits per heavy atom. The molecule has 3 N–H and O–H groups in total. The fraction of sp³-hybridized carbons (Fsp3) is 0.0769. The molecule has 21 heavy (non-hydrogen) atoms. The number of hydrogen-bond donors (Lipinski definition) is 2. The summed E-state index contributed by atoms with van der Waals surface area (Å²) in [6.07, 6.45) is 1.02. The molecular formula is C13H11BrF2N2O2S. The number of nitrogens with one attached hydrogen (secondary N) is 1. The summed E-state index contributed by atoms with van der Waals surface area (Å²) < 4.78 is 50.4. The van der Waals surface area contributed by atoms with E-state index in [4.69, 9.17) is 5.73 Å². The van der Waals surface area contributed by atoms with Crippen molar-refractivity contribution in [3.63, 3.8) is 0 Å². The van der Waals surface area contributed by atoms with Crippen molar-refractivity contribution in [2.24, 2.45) is 0 Å². The second kappa shape index (κ2) is 5.61. The van der Waals surface area contributed by atoms with Gasteiger partial charge in [-0.1, -0.05) is 6.07 Å². The number of halogens is 3. The van der Waals surface area contributed by atoms with Crippen LogP contribution in [0.5, 0.6) is 0 Å². The van der Waals surface area contributed by atoms with Crippen molar-refractivity contribution in [1.29, 1.82) is 0 Å². The van der Waals surface area contributed by atoms with Crippen LogP contribution in [-0.4, -0.2) is 14.7 Å². The van der Waals surface area contributed by atoms with Crippen LogP contribution in [0, 0.1) is 11.6 Å². The summed E-state index contributed by atoms with van der Waals surface area (Å²) in [7, 11) is -3.51. The third-order valence-corrected chi connectivity index (χ3v) is 4.51. The lowest BCUT2D eigenvalue weighted by atomic mass is 10.2. The summed E-state index contributed by atoms with van der Waals surface area (Å²) in [6.45, 7) is 0. The molecule has 0 fully saturated rings. The van der Waals surface area contributed by atoms with E-state index in [0.29, 0.717) is 0 Å². The molecule has 4 nitrogen and oxygen atoms in total. The minimum absolute atomic E-state index is 0.0107. The van der Waals surface area contributed by atoms with Crippen LogP contribution < -0.4 is 11.1 Å². The van der Waals surface area contributed by atoms with E-state index in [1.165, 1.54) is 18.2 Å². The maximum Gasteiger partial charge on any atom is 0.177 e. The number of nitrogens with two attached hydrogens (primary N) is 1. The molecule has 8 heteroatoms. The highest BCUT2D eigenvalue weighted by atomic mass is 79.9. The molecule has 0 saturated heterocycles. The zero-order valence-corrected chi connectivity index (χ0v) is 13.2. The third kappa shape index (κ3) is 3.33. The molecule has 0 saturated carbocycles. The minimum atomic E-state index is -3.51. The second-order valence-corrected chi connectivity index (χ2v) is 7.20. The van der Waals surface area contributed by atoms with Crippen molar-refractivity contribution in [3.8, 4) is 0 Å². The average Bonchev–Trinajstić information content (AvgIpc) is 2.36. The summed E-state index contributed by atoms with van der Waals surface area (Å²) >= 11 is 2.87. The highest BCUT2D eigenvalue weighted by molar-refractivity contribution is 9.10. The molecule has 0 bridgehead atoms. The fourth-order valence-electron chi connectivity index (χ4n) is 1.74. The molecule has 0 atom stereocenters. The van der Waals surface area contributed by atoms with Crippen LogP contribution in [-0.2, 0) is 9.84 Å². The zero-order chi connectivity index (χ0) is 15.8. The predicted molar refractivity (Wildman–Crippen MR) is 81.3 cm³/mol. The molecule has 0 amide bonds. The van der Waals surface area contributed by atoms with Crippen molar-refractivity contribution in [2.75, 3.05) is 17.3 Å². The summed E-state index contributed by atoms with van der Waals surface area (Å²) in [5.74, 6) is -1.36. The molecule has 0 heterocycles. The van der Waals surface area contributed by atoms with E-state index in [1.54, 1.807) is 0 Å². The van der Waals surface area contributed by atoms with Crippen molar-refractivity contribution < 1.29 is 17.2 Å². The van der Waals surface area contributed by atoms with Gasteiger partial charge in [-0.2, -0.15) is 0 Å². The molecule has 2 rings (SSSR count). The Labute approximate surface area is 129 Å². The number of para-hydroxylation sites is 1. The predicted octanol–water partition coefficient (Wildman–Crippen LogP) is 3.46. The Balaban J connectivity index is 2.49. The topological polar surface area (TPSA) is 72.2 Å². The standard InChI is InChI=1S/C13H11BrF2N2O2S/c1-21(19,20)12-4-2-3-10(13(12)17)18-11-6-8(15)7(14)5-9(11)16/h2-6,18H,17H2,1H3. The van der Waals surface area contributed by atoms with Crippen LogP contribution in [0.4, 0.5) is 25.8 Å². The van der Waals surface area contributed by atoms with Crippen LogP contribution >= 0.6 is 15.9 Å². The monoisotopic (exact) mass is 376 g/mol. The Morgan fingerprint density at radius 2 is 1.81 bits per heavy atom. The van der Waals surface area contributed by atoms with Gasteiger partial charge in [0.15, 0.2) is 9.84 Å². The van der Waals surface area contributed by atoms with Gasteiger partial charge in [0.2, 0.25) is 0 Å². The maximum atomic E-state index is 13.8. The van der Waals surface area contributed by atoms with Gasteiger partial charge in [0.1, 0.15) is 11.6 Å². The van der Waals surface area contributed by atoms with Crippen molar-refractivity contribution in [3.05, 3.63) is 46.4 Å². The smallest absolute Gasteiger partial charge is 0.177 e. The molecule has 0 spiro atoms. The molecule has 0 aliphatic rings. The molecule has 0 aliphatic heterocycles. The number of sulfone groups is 1. The SMILES string of the molecule is CS(=O)(=O)c1cccc(Nc2cc(F)c(Br)cc2F)c1N. The van der Waals surface area contributed by atoms with Crippen LogP contribution in [0.3, 0.4) is 0 Å². The van der Waals surface area contributed by atoms with Crippen LogP contribution in [0.25, 0.3) is 0 Å². The highest BCUT2D eigenvalue weighted by Gasteiger charge is 2.15. The van der Waals surface area contributed by atoms with Gasteiger partial charge in [0.05, 0.1) is 26.4 Å². The largest absolute Gasteiger partial charge is 0.396 e. The van der Waals surface area contributed by atoms with Gasteiger partial charge in [0, 0.05) is 12.3 Å². The fourth-order valence-corrected chi connectivity index (χ4v) is 2.89. The zero-order valence-electron chi connectivity index (χ0n) is 10.8. The first-order chi connectivity index (χ1) is 9.70. The molecule has 0 unspecified atom stereocenters. The first-order valence-corrected chi connectivity index (χ1v) is 8.38. The maximum absolute atomic E-state index is 13.8. The van der Waals surface area contributed by atoms with Crippen molar-refractivity contribution in [1.82, 2.24) is 0 Å². The lowest BCUT2D eigenvalue weighted by Gasteiger charge is -2.13.